The molecule has 1 aromatic rings. The van der Waals surface area contributed by atoms with Crippen molar-refractivity contribution >= 4 is 5.71 Å². The first-order valence-electron chi connectivity index (χ1n) is 5.71. The largest absolute Gasteiger partial charge is 0.287 e. The maximum absolute atomic E-state index is 4.61. The minimum absolute atomic E-state index is 0.215. The van der Waals surface area contributed by atoms with Crippen LogP contribution in [0.1, 0.15) is 31.9 Å². The van der Waals surface area contributed by atoms with E-state index in [0.29, 0.717) is 0 Å². The molecule has 0 fully saturated rings. The second-order valence-corrected chi connectivity index (χ2v) is 4.63. The van der Waals surface area contributed by atoms with Gasteiger partial charge in [-0.2, -0.15) is 0 Å². The van der Waals surface area contributed by atoms with Crippen molar-refractivity contribution in [2.75, 3.05) is 0 Å². The Morgan fingerprint density at radius 2 is 1.75 bits per heavy atom. The van der Waals surface area contributed by atoms with E-state index in [-0.39, 0.29) is 6.04 Å². The van der Waals surface area contributed by atoms with Gasteiger partial charge < -0.3 is 0 Å². The fourth-order valence-electron chi connectivity index (χ4n) is 1.59. The van der Waals surface area contributed by atoms with Crippen LogP contribution >= 0.6 is 0 Å². The van der Waals surface area contributed by atoms with Crippen LogP contribution in [0.15, 0.2) is 41.4 Å². The number of hydrogen-bond donors (Lipinski definition) is 0. The van der Waals surface area contributed by atoms with E-state index in [2.05, 4.69) is 42.8 Å². The number of rotatable bonds is 4. The van der Waals surface area contributed by atoms with Crippen LogP contribution in [0.25, 0.3) is 0 Å². The molecule has 0 amide bonds. The first kappa shape index (κ1) is 12.7. The summed E-state index contributed by atoms with van der Waals surface area (Å²) in [4.78, 5) is 4.61. The summed E-state index contributed by atoms with van der Waals surface area (Å²) in [7, 11) is 0. The third-order valence-electron chi connectivity index (χ3n) is 2.53. The molecule has 1 nitrogen and oxygen atoms in total. The van der Waals surface area contributed by atoms with Crippen LogP contribution in [-0.4, -0.2) is 11.8 Å². The van der Waals surface area contributed by atoms with E-state index in [9.17, 15) is 0 Å². The van der Waals surface area contributed by atoms with E-state index < -0.39 is 0 Å². The SMILES string of the molecule is C=C(C)C(Cc1ccc(C)cc1)N=C(C)C. The molecule has 0 aliphatic heterocycles. The molecule has 1 heteroatoms. The molecule has 0 N–H and O–H groups in total. The molecule has 0 heterocycles. The number of benzene rings is 1. The summed E-state index contributed by atoms with van der Waals surface area (Å²) in [5, 5.41) is 0. The Morgan fingerprint density at radius 1 is 1.19 bits per heavy atom. The van der Waals surface area contributed by atoms with Crippen molar-refractivity contribution < 1.29 is 0 Å². The van der Waals surface area contributed by atoms with Crippen LogP contribution in [0.5, 0.6) is 0 Å². The Labute approximate surface area is 98.9 Å². The molecule has 0 aliphatic carbocycles. The Bertz CT molecular complexity index is 380. The number of aliphatic imine (C=N–C) groups is 1. The average Bonchev–Trinajstić information content (AvgIpc) is 2.19. The number of nitrogens with zero attached hydrogens (tertiary/aromatic N) is 1. The van der Waals surface area contributed by atoms with Gasteiger partial charge in [0.2, 0.25) is 0 Å². The predicted molar refractivity (Wildman–Crippen MR) is 72.3 cm³/mol. The fourth-order valence-corrected chi connectivity index (χ4v) is 1.59. The van der Waals surface area contributed by atoms with Crippen LogP contribution in [0.4, 0.5) is 0 Å². The first-order valence-corrected chi connectivity index (χ1v) is 5.71. The van der Waals surface area contributed by atoms with Crippen LogP contribution in [0.2, 0.25) is 0 Å². The lowest BCUT2D eigenvalue weighted by Crippen LogP contribution is -2.11. The van der Waals surface area contributed by atoms with Crippen molar-refractivity contribution in [1.29, 1.82) is 0 Å². The molecule has 0 aromatic heterocycles. The maximum atomic E-state index is 4.61. The van der Waals surface area contributed by atoms with Crippen molar-refractivity contribution in [3.63, 3.8) is 0 Å². The van der Waals surface area contributed by atoms with Gasteiger partial charge in [0.15, 0.2) is 0 Å². The molecule has 1 rings (SSSR count). The van der Waals surface area contributed by atoms with Crippen molar-refractivity contribution in [1.82, 2.24) is 0 Å². The molecule has 1 aromatic carbocycles. The van der Waals surface area contributed by atoms with Gasteiger partial charge in [-0.25, -0.2) is 0 Å². The third-order valence-corrected chi connectivity index (χ3v) is 2.53. The van der Waals surface area contributed by atoms with Gasteiger partial charge in [0.25, 0.3) is 0 Å². The van der Waals surface area contributed by atoms with Gasteiger partial charge in [-0.1, -0.05) is 42.0 Å². The molecule has 0 aliphatic rings. The maximum Gasteiger partial charge on any atom is 0.0743 e. The summed E-state index contributed by atoms with van der Waals surface area (Å²) in [6.07, 6.45) is 0.945. The summed E-state index contributed by atoms with van der Waals surface area (Å²) < 4.78 is 0. The predicted octanol–water partition coefficient (Wildman–Crippen LogP) is 3.96. The number of hydrogen-bond acceptors (Lipinski definition) is 1. The zero-order chi connectivity index (χ0) is 12.1. The van der Waals surface area contributed by atoms with E-state index in [1.54, 1.807) is 0 Å². The smallest absolute Gasteiger partial charge is 0.0743 e. The Balaban J connectivity index is 2.80. The molecule has 16 heavy (non-hydrogen) atoms. The van der Waals surface area contributed by atoms with Gasteiger partial charge >= 0.3 is 0 Å². The molecule has 0 saturated heterocycles. The van der Waals surface area contributed by atoms with Gasteiger partial charge in [-0.3, -0.25) is 4.99 Å². The second-order valence-electron chi connectivity index (χ2n) is 4.63. The monoisotopic (exact) mass is 215 g/mol. The summed E-state index contributed by atoms with van der Waals surface area (Å²) in [5.41, 5.74) is 4.86. The minimum Gasteiger partial charge on any atom is -0.287 e. The van der Waals surface area contributed by atoms with E-state index in [4.69, 9.17) is 0 Å². The zero-order valence-corrected chi connectivity index (χ0v) is 10.7. The quantitative estimate of drug-likeness (QED) is 0.532. The first-order chi connectivity index (χ1) is 7.49. The molecule has 0 bridgehead atoms. The van der Waals surface area contributed by atoms with Crippen LogP contribution < -0.4 is 0 Å². The van der Waals surface area contributed by atoms with Crippen molar-refractivity contribution in [3.8, 4) is 0 Å². The molecule has 1 unspecified atom stereocenters. The molecular weight excluding hydrogens is 194 g/mol. The molecule has 86 valence electrons. The lowest BCUT2D eigenvalue weighted by molar-refractivity contribution is 0.767. The fraction of sp³-hybridized carbons (Fsp3) is 0.400. The zero-order valence-electron chi connectivity index (χ0n) is 10.7. The van der Waals surface area contributed by atoms with Crippen LogP contribution in [-0.2, 0) is 6.42 Å². The molecule has 0 radical (unpaired) electrons. The summed E-state index contributed by atoms with van der Waals surface area (Å²) in [5.74, 6) is 0. The highest BCUT2D eigenvalue weighted by molar-refractivity contribution is 5.79. The lowest BCUT2D eigenvalue weighted by Gasteiger charge is -2.13. The van der Waals surface area contributed by atoms with Crippen molar-refractivity contribution in [2.24, 2.45) is 4.99 Å². The molecule has 1 atom stereocenters. The Morgan fingerprint density at radius 3 is 2.19 bits per heavy atom. The van der Waals surface area contributed by atoms with Gasteiger partial charge in [0.05, 0.1) is 6.04 Å². The Hall–Kier alpha value is -1.37. The molecule has 0 saturated carbocycles. The number of aryl methyl sites for hydroxylation is 1. The van der Waals surface area contributed by atoms with Gasteiger partial charge in [-0.05, 0) is 39.7 Å². The van der Waals surface area contributed by atoms with E-state index in [1.165, 1.54) is 11.1 Å². The highest BCUT2D eigenvalue weighted by Gasteiger charge is 2.08. The lowest BCUT2D eigenvalue weighted by atomic mass is 10.0. The molecular formula is C15H21N. The van der Waals surface area contributed by atoms with Crippen LogP contribution in [0, 0.1) is 6.92 Å². The standard InChI is InChI=1S/C15H21N/c1-11(2)15(16-12(3)4)10-14-8-6-13(5)7-9-14/h6-9,15H,1,10H2,2-5H3. The van der Waals surface area contributed by atoms with E-state index in [0.717, 1.165) is 17.7 Å². The van der Waals surface area contributed by atoms with Crippen LogP contribution in [0.3, 0.4) is 0 Å². The van der Waals surface area contributed by atoms with E-state index in [1.807, 2.05) is 20.8 Å². The highest BCUT2D eigenvalue weighted by atomic mass is 14.8. The average molecular weight is 215 g/mol. The van der Waals surface area contributed by atoms with Gasteiger partial charge in [0.1, 0.15) is 0 Å². The second kappa shape index (κ2) is 5.64. The molecule has 0 spiro atoms. The minimum atomic E-state index is 0.215. The van der Waals surface area contributed by atoms with Gasteiger partial charge in [0, 0.05) is 5.71 Å². The van der Waals surface area contributed by atoms with Gasteiger partial charge in [-0.15, -0.1) is 0 Å². The van der Waals surface area contributed by atoms with Crippen molar-refractivity contribution in [2.45, 2.75) is 40.2 Å². The summed E-state index contributed by atoms with van der Waals surface area (Å²) in [6.45, 7) is 12.2. The van der Waals surface area contributed by atoms with E-state index >= 15 is 0 Å². The highest BCUT2D eigenvalue weighted by Crippen LogP contribution is 2.13. The summed E-state index contributed by atoms with van der Waals surface area (Å²) >= 11 is 0. The van der Waals surface area contributed by atoms with Crippen molar-refractivity contribution in [3.05, 3.63) is 47.5 Å². The summed E-state index contributed by atoms with van der Waals surface area (Å²) in [6, 6.07) is 8.85. The topological polar surface area (TPSA) is 12.4 Å². The Kier molecular flexibility index (Phi) is 4.48. The third kappa shape index (κ3) is 4.01. The normalized spacial score (nSPS) is 12.0.